The second-order valence-corrected chi connectivity index (χ2v) is 7.40. The van der Waals surface area contributed by atoms with Gasteiger partial charge >= 0.3 is 0 Å². The van der Waals surface area contributed by atoms with Crippen molar-refractivity contribution in [1.29, 1.82) is 0 Å². The molecule has 0 saturated heterocycles. The van der Waals surface area contributed by atoms with Gasteiger partial charge in [-0.2, -0.15) is 0 Å². The smallest absolute Gasteiger partial charge is 0.236 e. The summed E-state index contributed by atoms with van der Waals surface area (Å²) < 4.78 is 8.01. The summed E-state index contributed by atoms with van der Waals surface area (Å²) in [7, 11) is 0. The number of ether oxygens (including phenoxy) is 1. The number of nitrogens with two attached hydrogens (primary N) is 2. The second-order valence-electron chi connectivity index (χ2n) is 7.40. The molecule has 156 valence electrons. The number of amides is 1. The molecule has 0 aliphatic carbocycles. The van der Waals surface area contributed by atoms with E-state index in [2.05, 4.69) is 14.5 Å². The number of fused-ring (bicyclic) bond motifs is 3. The fourth-order valence-corrected chi connectivity index (χ4v) is 4.09. The van der Waals surface area contributed by atoms with Crippen LogP contribution < -0.4 is 16.2 Å². The van der Waals surface area contributed by atoms with Gasteiger partial charge in [-0.25, -0.2) is 9.97 Å². The van der Waals surface area contributed by atoms with Crippen LogP contribution in [0.3, 0.4) is 0 Å². The molecule has 5 rings (SSSR count). The van der Waals surface area contributed by atoms with E-state index in [-0.39, 0.29) is 12.5 Å². The van der Waals surface area contributed by atoms with Gasteiger partial charge in [-0.3, -0.25) is 4.79 Å². The zero-order chi connectivity index (χ0) is 21.4. The standard InChI is InChI=1S/C23H22N6O2/c24-12-20(30)28-11-10-19-18(13-28)21-22(23(25)27-14-26-21)29(19)15-6-8-17(9-7-15)31-16-4-2-1-3-5-16/h1-9,14H,10-13,24H2,(H2,25,26,27). The SMILES string of the molecule is NCC(=O)N1CCc2c(c3ncnc(N)c3n2-c2ccc(Oc3ccccc3)cc2)C1. The van der Waals surface area contributed by atoms with E-state index in [9.17, 15) is 4.79 Å². The summed E-state index contributed by atoms with van der Waals surface area (Å²) in [5.41, 5.74) is 16.4. The first-order valence-corrected chi connectivity index (χ1v) is 10.1. The van der Waals surface area contributed by atoms with Crippen LogP contribution in [0.2, 0.25) is 0 Å². The minimum Gasteiger partial charge on any atom is -0.457 e. The molecule has 0 bridgehead atoms. The van der Waals surface area contributed by atoms with Crippen LogP contribution in [0.5, 0.6) is 11.5 Å². The van der Waals surface area contributed by atoms with Gasteiger partial charge < -0.3 is 25.7 Å². The molecular formula is C23H22N6O2. The lowest BCUT2D eigenvalue weighted by atomic mass is 10.1. The molecule has 0 radical (unpaired) electrons. The summed E-state index contributed by atoms with van der Waals surface area (Å²) in [5.74, 6) is 1.85. The average molecular weight is 414 g/mol. The molecule has 1 amide bonds. The number of anilines is 1. The highest BCUT2D eigenvalue weighted by atomic mass is 16.5. The molecule has 1 aliphatic rings. The minimum atomic E-state index is -0.0732. The van der Waals surface area contributed by atoms with Crippen LogP contribution in [0.4, 0.5) is 5.82 Å². The predicted molar refractivity (Wildman–Crippen MR) is 118 cm³/mol. The monoisotopic (exact) mass is 414 g/mol. The van der Waals surface area contributed by atoms with Gasteiger partial charge in [0.15, 0.2) is 5.82 Å². The van der Waals surface area contributed by atoms with Crippen LogP contribution in [-0.2, 0) is 17.8 Å². The Morgan fingerprint density at radius 1 is 1.03 bits per heavy atom. The molecule has 4 N–H and O–H groups in total. The molecule has 1 aliphatic heterocycles. The van der Waals surface area contributed by atoms with Gasteiger partial charge in [-0.1, -0.05) is 18.2 Å². The number of carbonyl (C=O) groups is 1. The number of hydrogen-bond acceptors (Lipinski definition) is 6. The molecule has 2 aromatic heterocycles. The molecule has 8 nitrogen and oxygen atoms in total. The van der Waals surface area contributed by atoms with Gasteiger partial charge in [-0.05, 0) is 36.4 Å². The Hall–Kier alpha value is -3.91. The van der Waals surface area contributed by atoms with Crippen LogP contribution in [0.1, 0.15) is 11.3 Å². The maximum atomic E-state index is 12.2. The van der Waals surface area contributed by atoms with Crippen LogP contribution >= 0.6 is 0 Å². The summed E-state index contributed by atoms with van der Waals surface area (Å²) in [6.45, 7) is 1.05. The van der Waals surface area contributed by atoms with Crippen LogP contribution in [0, 0.1) is 0 Å². The van der Waals surface area contributed by atoms with E-state index in [0.717, 1.165) is 39.5 Å². The zero-order valence-corrected chi connectivity index (χ0v) is 16.9. The Morgan fingerprint density at radius 2 is 1.77 bits per heavy atom. The first-order chi connectivity index (χ1) is 15.2. The van der Waals surface area contributed by atoms with E-state index in [1.165, 1.54) is 6.33 Å². The Balaban J connectivity index is 1.57. The third kappa shape index (κ3) is 3.36. The first kappa shape index (κ1) is 19.1. The summed E-state index contributed by atoms with van der Waals surface area (Å²) in [6.07, 6.45) is 2.14. The molecule has 0 spiro atoms. The van der Waals surface area contributed by atoms with E-state index in [1.807, 2.05) is 54.6 Å². The number of nitrogens with zero attached hydrogens (tertiary/aromatic N) is 4. The van der Waals surface area contributed by atoms with E-state index >= 15 is 0 Å². The van der Waals surface area contributed by atoms with Crippen molar-refractivity contribution in [3.8, 4) is 17.2 Å². The first-order valence-electron chi connectivity index (χ1n) is 10.1. The van der Waals surface area contributed by atoms with E-state index < -0.39 is 0 Å². The number of nitrogen functional groups attached to an aromatic ring is 1. The van der Waals surface area contributed by atoms with Crippen LogP contribution in [0.25, 0.3) is 16.7 Å². The van der Waals surface area contributed by atoms with Gasteiger partial charge in [0.05, 0.1) is 12.1 Å². The fourth-order valence-electron chi connectivity index (χ4n) is 4.09. The maximum Gasteiger partial charge on any atom is 0.236 e. The van der Waals surface area contributed by atoms with Crippen molar-refractivity contribution in [2.24, 2.45) is 5.73 Å². The molecule has 3 heterocycles. The normalized spacial score (nSPS) is 13.3. The van der Waals surface area contributed by atoms with Crippen molar-refractivity contribution in [3.05, 3.63) is 72.2 Å². The van der Waals surface area contributed by atoms with Gasteiger partial charge in [0, 0.05) is 36.5 Å². The number of rotatable bonds is 4. The molecule has 0 fully saturated rings. The highest BCUT2D eigenvalue weighted by Gasteiger charge is 2.28. The lowest BCUT2D eigenvalue weighted by Crippen LogP contribution is -2.39. The van der Waals surface area contributed by atoms with Gasteiger partial charge in [0.25, 0.3) is 0 Å². The average Bonchev–Trinajstić information content (AvgIpc) is 3.15. The lowest BCUT2D eigenvalue weighted by molar-refractivity contribution is -0.130. The number of para-hydroxylation sites is 1. The van der Waals surface area contributed by atoms with Crippen molar-refractivity contribution in [3.63, 3.8) is 0 Å². The van der Waals surface area contributed by atoms with Crippen LogP contribution in [-0.4, -0.2) is 38.4 Å². The molecular weight excluding hydrogens is 392 g/mol. The Bertz CT molecular complexity index is 1250. The largest absolute Gasteiger partial charge is 0.457 e. The third-order valence-corrected chi connectivity index (χ3v) is 5.55. The van der Waals surface area contributed by atoms with Crippen molar-refractivity contribution in [2.45, 2.75) is 13.0 Å². The van der Waals surface area contributed by atoms with E-state index in [4.69, 9.17) is 16.2 Å². The van der Waals surface area contributed by atoms with E-state index in [1.54, 1.807) is 4.90 Å². The maximum absolute atomic E-state index is 12.2. The Kier molecular flexibility index (Phi) is 4.76. The summed E-state index contributed by atoms with van der Waals surface area (Å²) in [5, 5.41) is 0. The lowest BCUT2D eigenvalue weighted by Gasteiger charge is -2.27. The van der Waals surface area contributed by atoms with Crippen molar-refractivity contribution >= 4 is 22.8 Å². The quantitative estimate of drug-likeness (QED) is 0.531. The Labute approximate surface area is 179 Å². The molecule has 0 saturated carbocycles. The fraction of sp³-hybridized carbons (Fsp3) is 0.174. The summed E-state index contributed by atoms with van der Waals surface area (Å²) >= 11 is 0. The zero-order valence-electron chi connectivity index (χ0n) is 16.9. The number of benzene rings is 2. The molecule has 0 unspecified atom stereocenters. The molecule has 8 heteroatoms. The topological polar surface area (TPSA) is 112 Å². The van der Waals surface area contributed by atoms with Crippen molar-refractivity contribution in [1.82, 2.24) is 19.4 Å². The van der Waals surface area contributed by atoms with Crippen molar-refractivity contribution < 1.29 is 9.53 Å². The van der Waals surface area contributed by atoms with Gasteiger partial charge in [0.2, 0.25) is 5.91 Å². The molecule has 31 heavy (non-hydrogen) atoms. The number of carbonyl (C=O) groups excluding carboxylic acids is 1. The third-order valence-electron chi connectivity index (χ3n) is 5.55. The molecule has 4 aromatic rings. The predicted octanol–water partition coefficient (Wildman–Crippen LogP) is 2.64. The highest BCUT2D eigenvalue weighted by molar-refractivity contribution is 5.91. The number of aromatic nitrogens is 3. The Morgan fingerprint density at radius 3 is 2.52 bits per heavy atom. The summed E-state index contributed by atoms with van der Waals surface area (Å²) in [6, 6.07) is 17.5. The van der Waals surface area contributed by atoms with Gasteiger partial charge in [-0.15, -0.1) is 0 Å². The second kappa shape index (κ2) is 7.73. The minimum absolute atomic E-state index is 0.00598. The van der Waals surface area contributed by atoms with E-state index in [0.29, 0.717) is 25.3 Å². The highest BCUT2D eigenvalue weighted by Crippen LogP contribution is 2.35. The summed E-state index contributed by atoms with van der Waals surface area (Å²) in [4.78, 5) is 22.6. The molecule has 2 aromatic carbocycles. The molecule has 0 atom stereocenters. The van der Waals surface area contributed by atoms with Crippen molar-refractivity contribution in [2.75, 3.05) is 18.8 Å². The van der Waals surface area contributed by atoms with Gasteiger partial charge in [0.1, 0.15) is 23.3 Å². The van der Waals surface area contributed by atoms with Crippen LogP contribution in [0.15, 0.2) is 60.9 Å². The number of hydrogen-bond donors (Lipinski definition) is 2.